The van der Waals surface area contributed by atoms with Gasteiger partial charge in [-0.3, -0.25) is 14.5 Å². The molecular formula is C16H23N3O4. The quantitative estimate of drug-likeness (QED) is 0.921. The van der Waals surface area contributed by atoms with E-state index in [2.05, 4.69) is 5.32 Å². The average molecular weight is 321 g/mol. The van der Waals surface area contributed by atoms with E-state index in [-0.39, 0.29) is 17.2 Å². The third-order valence-corrected chi connectivity index (χ3v) is 3.57. The van der Waals surface area contributed by atoms with Gasteiger partial charge in [0, 0.05) is 19.3 Å². The Hall–Kier alpha value is -2.31. The SMILES string of the molecule is CCn1cccc(NC(=O)[C@H]2CCN2C(=O)OC(C)(C)C)c1=O. The van der Waals surface area contributed by atoms with Crippen molar-refractivity contribution in [2.45, 2.75) is 52.3 Å². The van der Waals surface area contributed by atoms with Gasteiger partial charge in [0.2, 0.25) is 5.91 Å². The van der Waals surface area contributed by atoms with E-state index in [1.807, 2.05) is 6.92 Å². The zero-order valence-corrected chi connectivity index (χ0v) is 14.0. The number of carbonyl (C=O) groups excluding carboxylic acids is 2. The first kappa shape index (κ1) is 17.1. The van der Waals surface area contributed by atoms with Crippen LogP contribution in [0, 0.1) is 0 Å². The van der Waals surface area contributed by atoms with Crippen molar-refractivity contribution < 1.29 is 14.3 Å². The fourth-order valence-corrected chi connectivity index (χ4v) is 2.30. The van der Waals surface area contributed by atoms with Crippen LogP contribution >= 0.6 is 0 Å². The molecule has 7 nitrogen and oxygen atoms in total. The molecule has 7 heteroatoms. The molecule has 1 aromatic heterocycles. The Balaban J connectivity index is 2.04. The number of hydrogen-bond donors (Lipinski definition) is 1. The monoisotopic (exact) mass is 321 g/mol. The van der Waals surface area contributed by atoms with Crippen LogP contribution in [0.25, 0.3) is 0 Å². The fraction of sp³-hybridized carbons (Fsp3) is 0.562. The molecule has 0 aromatic carbocycles. The van der Waals surface area contributed by atoms with Gasteiger partial charge >= 0.3 is 6.09 Å². The second-order valence-corrected chi connectivity index (χ2v) is 6.48. The van der Waals surface area contributed by atoms with Crippen molar-refractivity contribution in [1.29, 1.82) is 0 Å². The molecule has 0 aliphatic carbocycles. The normalized spacial score (nSPS) is 17.4. The van der Waals surface area contributed by atoms with Crippen LogP contribution in [0.3, 0.4) is 0 Å². The summed E-state index contributed by atoms with van der Waals surface area (Å²) in [6, 6.07) is 2.66. The van der Waals surface area contributed by atoms with E-state index in [9.17, 15) is 14.4 Å². The number of carbonyl (C=O) groups is 2. The number of pyridine rings is 1. The first-order chi connectivity index (χ1) is 10.7. The summed E-state index contributed by atoms with van der Waals surface area (Å²) >= 11 is 0. The lowest BCUT2D eigenvalue weighted by molar-refractivity contribution is -0.125. The Morgan fingerprint density at radius 2 is 2.09 bits per heavy atom. The molecule has 2 amide bonds. The van der Waals surface area contributed by atoms with E-state index in [1.54, 1.807) is 39.1 Å². The number of nitrogens with one attached hydrogen (secondary N) is 1. The summed E-state index contributed by atoms with van der Waals surface area (Å²) in [5.41, 5.74) is -0.649. The zero-order chi connectivity index (χ0) is 17.2. The number of ether oxygens (including phenoxy) is 1. The number of nitrogens with zero attached hydrogens (tertiary/aromatic N) is 2. The van der Waals surface area contributed by atoms with Crippen LogP contribution in [-0.2, 0) is 16.1 Å². The van der Waals surface area contributed by atoms with Gasteiger partial charge in [-0.15, -0.1) is 0 Å². The molecule has 1 atom stereocenters. The largest absolute Gasteiger partial charge is 0.444 e. The highest BCUT2D eigenvalue weighted by molar-refractivity contribution is 5.97. The molecule has 0 spiro atoms. The summed E-state index contributed by atoms with van der Waals surface area (Å²) in [7, 11) is 0. The molecule has 0 saturated carbocycles. The number of rotatable bonds is 3. The molecule has 126 valence electrons. The van der Waals surface area contributed by atoms with Gasteiger partial charge in [0.25, 0.3) is 5.56 Å². The molecule has 0 radical (unpaired) electrons. The first-order valence-corrected chi connectivity index (χ1v) is 7.73. The Bertz CT molecular complexity index is 660. The van der Waals surface area contributed by atoms with E-state index in [4.69, 9.17) is 4.74 Å². The van der Waals surface area contributed by atoms with Gasteiger partial charge in [0.05, 0.1) is 0 Å². The minimum absolute atomic E-state index is 0.218. The van der Waals surface area contributed by atoms with Gasteiger partial charge in [0.15, 0.2) is 0 Å². The van der Waals surface area contributed by atoms with Crippen molar-refractivity contribution >= 4 is 17.7 Å². The zero-order valence-electron chi connectivity index (χ0n) is 14.0. The maximum Gasteiger partial charge on any atom is 0.410 e. The van der Waals surface area contributed by atoms with Gasteiger partial charge in [0.1, 0.15) is 17.3 Å². The molecule has 1 fully saturated rings. The van der Waals surface area contributed by atoms with Crippen molar-refractivity contribution in [3.05, 3.63) is 28.7 Å². The van der Waals surface area contributed by atoms with Crippen LogP contribution in [0.4, 0.5) is 10.5 Å². The number of likely N-dealkylation sites (tertiary alicyclic amines) is 1. The molecule has 0 unspecified atom stereocenters. The third kappa shape index (κ3) is 3.91. The summed E-state index contributed by atoms with van der Waals surface area (Å²) < 4.78 is 6.78. The summed E-state index contributed by atoms with van der Waals surface area (Å²) in [6.07, 6.45) is 1.71. The maximum atomic E-state index is 12.3. The molecule has 2 heterocycles. The topological polar surface area (TPSA) is 80.6 Å². The van der Waals surface area contributed by atoms with Crippen LogP contribution in [-0.4, -0.2) is 39.7 Å². The van der Waals surface area contributed by atoms with Crippen molar-refractivity contribution in [3.8, 4) is 0 Å². The van der Waals surface area contributed by atoms with Crippen molar-refractivity contribution in [2.24, 2.45) is 0 Å². The second kappa shape index (κ2) is 6.44. The first-order valence-electron chi connectivity index (χ1n) is 7.73. The third-order valence-electron chi connectivity index (χ3n) is 3.57. The Labute approximate surface area is 135 Å². The van der Waals surface area contributed by atoms with Crippen LogP contribution in [0.5, 0.6) is 0 Å². The highest BCUT2D eigenvalue weighted by Crippen LogP contribution is 2.22. The Morgan fingerprint density at radius 3 is 2.61 bits per heavy atom. The summed E-state index contributed by atoms with van der Waals surface area (Å²) in [4.78, 5) is 37.8. The minimum atomic E-state index is -0.609. The Kier molecular flexibility index (Phi) is 4.77. The van der Waals surface area contributed by atoms with Crippen molar-refractivity contribution in [1.82, 2.24) is 9.47 Å². The molecule has 1 aliphatic heterocycles. The predicted octanol–water partition coefficient (Wildman–Crippen LogP) is 1.82. The number of anilines is 1. The second-order valence-electron chi connectivity index (χ2n) is 6.48. The predicted molar refractivity (Wildman–Crippen MR) is 86.4 cm³/mol. The number of amides is 2. The molecule has 23 heavy (non-hydrogen) atoms. The van der Waals surface area contributed by atoms with Gasteiger partial charge in [-0.1, -0.05) is 0 Å². The van der Waals surface area contributed by atoms with E-state index >= 15 is 0 Å². The summed E-state index contributed by atoms with van der Waals surface area (Å²) in [5.74, 6) is -0.368. The lowest BCUT2D eigenvalue weighted by Gasteiger charge is -2.40. The summed E-state index contributed by atoms with van der Waals surface area (Å²) in [5, 5.41) is 2.61. The van der Waals surface area contributed by atoms with Crippen LogP contribution in [0.15, 0.2) is 23.1 Å². The molecule has 1 saturated heterocycles. The standard InChI is InChI=1S/C16H23N3O4/c1-5-18-9-6-7-11(14(18)21)17-13(20)12-8-10-19(12)15(22)23-16(2,3)4/h6-7,9,12H,5,8,10H2,1-4H3,(H,17,20)/t12-/m1/s1. The van der Waals surface area contributed by atoms with Crippen molar-refractivity contribution in [3.63, 3.8) is 0 Å². The van der Waals surface area contributed by atoms with E-state index in [0.29, 0.717) is 19.5 Å². The lowest BCUT2D eigenvalue weighted by atomic mass is 10.0. The highest BCUT2D eigenvalue weighted by Gasteiger charge is 2.40. The van der Waals surface area contributed by atoms with Crippen LogP contribution in [0.2, 0.25) is 0 Å². The number of aromatic nitrogens is 1. The number of hydrogen-bond acceptors (Lipinski definition) is 4. The maximum absolute atomic E-state index is 12.3. The molecule has 0 bridgehead atoms. The van der Waals surface area contributed by atoms with Crippen LogP contribution in [0.1, 0.15) is 34.1 Å². The van der Waals surface area contributed by atoms with Crippen molar-refractivity contribution in [2.75, 3.05) is 11.9 Å². The van der Waals surface area contributed by atoms with Gasteiger partial charge in [-0.05, 0) is 46.2 Å². The molecular weight excluding hydrogens is 298 g/mol. The minimum Gasteiger partial charge on any atom is -0.444 e. The van der Waals surface area contributed by atoms with E-state index in [0.717, 1.165) is 0 Å². The smallest absolute Gasteiger partial charge is 0.410 e. The summed E-state index contributed by atoms with van der Waals surface area (Å²) in [6.45, 7) is 8.17. The average Bonchev–Trinajstić information content (AvgIpc) is 2.37. The number of aryl methyl sites for hydroxylation is 1. The molecule has 1 aromatic rings. The fourth-order valence-electron chi connectivity index (χ4n) is 2.30. The van der Waals surface area contributed by atoms with E-state index < -0.39 is 17.7 Å². The van der Waals surface area contributed by atoms with Gasteiger partial charge in [-0.2, -0.15) is 0 Å². The molecule has 2 rings (SSSR count). The van der Waals surface area contributed by atoms with E-state index in [1.165, 1.54) is 9.47 Å². The lowest BCUT2D eigenvalue weighted by Crippen LogP contribution is -2.58. The van der Waals surface area contributed by atoms with Crippen LogP contribution < -0.4 is 10.9 Å². The Morgan fingerprint density at radius 1 is 1.39 bits per heavy atom. The van der Waals surface area contributed by atoms with Gasteiger partial charge in [-0.25, -0.2) is 4.79 Å². The molecule has 1 N–H and O–H groups in total. The highest BCUT2D eigenvalue weighted by atomic mass is 16.6. The molecule has 1 aliphatic rings. The van der Waals surface area contributed by atoms with Gasteiger partial charge < -0.3 is 14.6 Å².